The van der Waals surface area contributed by atoms with Crippen molar-refractivity contribution in [1.82, 2.24) is 14.7 Å². The number of fused-ring (bicyclic) bond motifs is 2. The zero-order valence-corrected chi connectivity index (χ0v) is 13.0. The molecule has 5 heteroatoms. The van der Waals surface area contributed by atoms with Gasteiger partial charge in [0.25, 0.3) is 5.91 Å². The molecule has 0 spiro atoms. The molecule has 2 fully saturated rings. The lowest BCUT2D eigenvalue weighted by molar-refractivity contribution is 0.0524. The van der Waals surface area contributed by atoms with E-state index in [4.69, 9.17) is 11.6 Å². The Morgan fingerprint density at radius 1 is 1.09 bits per heavy atom. The fourth-order valence-corrected chi connectivity index (χ4v) is 4.06. The Morgan fingerprint density at radius 3 is 2.36 bits per heavy atom. The molecule has 2 bridgehead atoms. The minimum absolute atomic E-state index is 0.142. The normalized spacial score (nSPS) is 27.1. The Bertz CT molecular complexity index is 654. The lowest BCUT2D eigenvalue weighted by Crippen LogP contribution is -2.47. The van der Waals surface area contributed by atoms with Gasteiger partial charge in [-0.15, -0.1) is 0 Å². The molecule has 2 aliphatic rings. The average Bonchev–Trinajstić information content (AvgIpc) is 3.14. The number of piperidine rings is 1. The van der Waals surface area contributed by atoms with E-state index in [0.29, 0.717) is 23.1 Å². The van der Waals surface area contributed by atoms with Crippen LogP contribution in [-0.4, -0.2) is 32.7 Å². The molecule has 0 saturated carbocycles. The number of carbonyl (C=O) groups excluding carboxylic acids is 1. The summed E-state index contributed by atoms with van der Waals surface area (Å²) in [6.07, 6.45) is 8.05. The first-order valence-electron chi connectivity index (χ1n) is 7.80. The van der Waals surface area contributed by atoms with Crippen molar-refractivity contribution >= 4 is 17.5 Å². The first kappa shape index (κ1) is 13.8. The number of aromatic nitrogens is 2. The van der Waals surface area contributed by atoms with Crippen LogP contribution >= 0.6 is 11.6 Å². The molecule has 1 aromatic heterocycles. The minimum Gasteiger partial charge on any atom is -0.333 e. The highest BCUT2D eigenvalue weighted by Gasteiger charge is 2.43. The summed E-state index contributed by atoms with van der Waals surface area (Å²) in [6, 6.07) is 10.3. The van der Waals surface area contributed by atoms with Gasteiger partial charge in [-0.1, -0.05) is 11.6 Å². The lowest BCUT2D eigenvalue weighted by atomic mass is 9.96. The second kappa shape index (κ2) is 5.43. The maximum absolute atomic E-state index is 12.8. The Morgan fingerprint density at radius 2 is 1.77 bits per heavy atom. The molecule has 0 radical (unpaired) electrons. The van der Waals surface area contributed by atoms with E-state index in [1.807, 2.05) is 30.6 Å². The number of amides is 1. The highest BCUT2D eigenvalue weighted by Crippen LogP contribution is 2.41. The standard InChI is InChI=1S/C17H18ClN3O/c18-13-4-2-12(3-5-13)17(22)21-14-6-7-15(21)11-16(10-14)20-9-1-8-19-20/h1-5,8-9,14-16H,6-7,10-11H2. The monoisotopic (exact) mass is 315 g/mol. The second-order valence-corrected chi connectivity index (χ2v) is 6.65. The van der Waals surface area contributed by atoms with Crippen LogP contribution in [0.5, 0.6) is 0 Å². The quantitative estimate of drug-likeness (QED) is 0.850. The Kier molecular flexibility index (Phi) is 3.41. The maximum Gasteiger partial charge on any atom is 0.254 e. The number of nitrogens with zero attached hydrogens (tertiary/aromatic N) is 3. The number of rotatable bonds is 2. The van der Waals surface area contributed by atoms with Crippen molar-refractivity contribution in [2.75, 3.05) is 0 Å². The van der Waals surface area contributed by atoms with E-state index in [-0.39, 0.29) is 5.91 Å². The summed E-state index contributed by atoms with van der Waals surface area (Å²) in [6.45, 7) is 0. The van der Waals surface area contributed by atoms with Crippen molar-refractivity contribution in [2.24, 2.45) is 0 Å². The fourth-order valence-electron chi connectivity index (χ4n) is 3.93. The average molecular weight is 316 g/mol. The highest BCUT2D eigenvalue weighted by atomic mass is 35.5. The van der Waals surface area contributed by atoms with Crippen LogP contribution in [0.1, 0.15) is 42.1 Å². The molecule has 114 valence electrons. The van der Waals surface area contributed by atoms with Gasteiger partial charge in [0, 0.05) is 35.1 Å². The molecule has 1 aromatic carbocycles. The molecule has 4 nitrogen and oxygen atoms in total. The molecule has 1 amide bonds. The zero-order valence-electron chi connectivity index (χ0n) is 12.2. The van der Waals surface area contributed by atoms with Crippen LogP contribution in [0.4, 0.5) is 0 Å². The number of hydrogen-bond acceptors (Lipinski definition) is 2. The molecule has 2 aliphatic heterocycles. The Hall–Kier alpha value is -1.81. The summed E-state index contributed by atoms with van der Waals surface area (Å²) in [5.41, 5.74) is 0.735. The van der Waals surface area contributed by atoms with E-state index in [9.17, 15) is 4.79 Å². The van der Waals surface area contributed by atoms with E-state index < -0.39 is 0 Å². The van der Waals surface area contributed by atoms with Gasteiger partial charge in [-0.25, -0.2) is 0 Å². The van der Waals surface area contributed by atoms with Crippen molar-refractivity contribution in [1.29, 1.82) is 0 Å². The van der Waals surface area contributed by atoms with Crippen LogP contribution in [0.15, 0.2) is 42.7 Å². The zero-order chi connectivity index (χ0) is 15.1. The molecular formula is C17H18ClN3O. The van der Waals surface area contributed by atoms with Crippen LogP contribution in [-0.2, 0) is 0 Å². The molecular weight excluding hydrogens is 298 g/mol. The van der Waals surface area contributed by atoms with Gasteiger partial charge in [0.1, 0.15) is 0 Å². The third-order valence-corrected chi connectivity index (χ3v) is 5.18. The van der Waals surface area contributed by atoms with Crippen LogP contribution in [0.3, 0.4) is 0 Å². The van der Waals surface area contributed by atoms with Crippen LogP contribution in [0.2, 0.25) is 5.02 Å². The Balaban J connectivity index is 1.55. The predicted molar refractivity (Wildman–Crippen MR) is 84.9 cm³/mol. The van der Waals surface area contributed by atoms with Gasteiger partial charge in [0.2, 0.25) is 0 Å². The SMILES string of the molecule is O=C(c1ccc(Cl)cc1)N1C2CCC1CC(n1cccn1)C2. The van der Waals surface area contributed by atoms with Crippen molar-refractivity contribution in [2.45, 2.75) is 43.8 Å². The van der Waals surface area contributed by atoms with Gasteiger partial charge in [0.05, 0.1) is 6.04 Å². The van der Waals surface area contributed by atoms with Gasteiger partial charge in [0.15, 0.2) is 0 Å². The van der Waals surface area contributed by atoms with Gasteiger partial charge < -0.3 is 4.90 Å². The van der Waals surface area contributed by atoms with Crippen LogP contribution in [0, 0.1) is 0 Å². The molecule has 22 heavy (non-hydrogen) atoms. The number of halogens is 1. The molecule has 0 N–H and O–H groups in total. The topological polar surface area (TPSA) is 38.1 Å². The fraction of sp³-hybridized carbons (Fsp3) is 0.412. The first-order valence-corrected chi connectivity index (χ1v) is 8.17. The summed E-state index contributed by atoms with van der Waals surface area (Å²) < 4.78 is 2.05. The van der Waals surface area contributed by atoms with E-state index in [2.05, 4.69) is 14.7 Å². The van der Waals surface area contributed by atoms with E-state index >= 15 is 0 Å². The van der Waals surface area contributed by atoms with Crippen molar-refractivity contribution in [3.63, 3.8) is 0 Å². The van der Waals surface area contributed by atoms with Crippen molar-refractivity contribution in [3.05, 3.63) is 53.3 Å². The Labute approximate surface area is 134 Å². The number of benzene rings is 1. The summed E-state index contributed by atoms with van der Waals surface area (Å²) >= 11 is 5.91. The van der Waals surface area contributed by atoms with Gasteiger partial charge in [-0.2, -0.15) is 5.10 Å². The van der Waals surface area contributed by atoms with Gasteiger partial charge in [-0.05, 0) is 56.0 Å². The largest absolute Gasteiger partial charge is 0.333 e. The lowest BCUT2D eigenvalue weighted by Gasteiger charge is -2.39. The van der Waals surface area contributed by atoms with E-state index in [1.54, 1.807) is 12.1 Å². The highest BCUT2D eigenvalue weighted by molar-refractivity contribution is 6.30. The van der Waals surface area contributed by atoms with Gasteiger partial charge in [-0.3, -0.25) is 9.48 Å². The van der Waals surface area contributed by atoms with Crippen LogP contribution < -0.4 is 0 Å². The summed E-state index contributed by atoms with van der Waals surface area (Å²) in [5, 5.41) is 5.04. The summed E-state index contributed by atoms with van der Waals surface area (Å²) in [5.74, 6) is 0.142. The first-order chi connectivity index (χ1) is 10.7. The molecule has 2 unspecified atom stereocenters. The van der Waals surface area contributed by atoms with Gasteiger partial charge >= 0.3 is 0 Å². The minimum atomic E-state index is 0.142. The smallest absolute Gasteiger partial charge is 0.254 e. The van der Waals surface area contributed by atoms with Crippen molar-refractivity contribution < 1.29 is 4.79 Å². The predicted octanol–water partition coefficient (Wildman–Crippen LogP) is 3.54. The third kappa shape index (κ3) is 2.31. The van der Waals surface area contributed by atoms with E-state index in [0.717, 1.165) is 31.2 Å². The molecule has 2 saturated heterocycles. The van der Waals surface area contributed by atoms with Crippen LogP contribution in [0.25, 0.3) is 0 Å². The number of carbonyl (C=O) groups is 1. The van der Waals surface area contributed by atoms with Crippen molar-refractivity contribution in [3.8, 4) is 0 Å². The summed E-state index contributed by atoms with van der Waals surface area (Å²) in [7, 11) is 0. The maximum atomic E-state index is 12.8. The second-order valence-electron chi connectivity index (χ2n) is 6.22. The molecule has 2 atom stereocenters. The molecule has 0 aliphatic carbocycles. The molecule has 2 aromatic rings. The molecule has 3 heterocycles. The number of hydrogen-bond donors (Lipinski definition) is 0. The summed E-state index contributed by atoms with van der Waals surface area (Å²) in [4.78, 5) is 14.9. The van der Waals surface area contributed by atoms with E-state index in [1.165, 1.54) is 0 Å². The third-order valence-electron chi connectivity index (χ3n) is 4.93. The molecule has 4 rings (SSSR count).